The molecule has 2 fully saturated rings. The van der Waals surface area contributed by atoms with Gasteiger partial charge in [0.1, 0.15) is 11.3 Å². The van der Waals surface area contributed by atoms with Gasteiger partial charge in [0.2, 0.25) is 0 Å². The summed E-state index contributed by atoms with van der Waals surface area (Å²) in [6.45, 7) is 13.5. The number of hydrogen-bond acceptors (Lipinski definition) is 4. The molecule has 2 heterocycles. The van der Waals surface area contributed by atoms with Gasteiger partial charge >= 0.3 is 0 Å². The van der Waals surface area contributed by atoms with Crippen LogP contribution in [0.1, 0.15) is 96.1 Å². The molecular formula is C28H45N3O2S. The molecule has 6 heteroatoms. The molecule has 0 saturated heterocycles. The Morgan fingerprint density at radius 3 is 2.09 bits per heavy atom. The highest BCUT2D eigenvalue weighted by Crippen LogP contribution is 2.42. The average molecular weight is 488 g/mol. The van der Waals surface area contributed by atoms with Crippen LogP contribution in [0.15, 0.2) is 6.07 Å². The van der Waals surface area contributed by atoms with E-state index < -0.39 is 9.84 Å². The number of hydrogen-bond donors (Lipinski definition) is 0. The summed E-state index contributed by atoms with van der Waals surface area (Å²) in [4.78, 5) is 9.79. The summed E-state index contributed by atoms with van der Waals surface area (Å²) in [5.74, 6) is 3.65. The number of rotatable bonds is 6. The average Bonchev–Trinajstić information content (AvgIpc) is 3.10. The Kier molecular flexibility index (Phi) is 7.48. The summed E-state index contributed by atoms with van der Waals surface area (Å²) >= 11 is 0. The van der Waals surface area contributed by atoms with Crippen LogP contribution in [0.3, 0.4) is 0 Å². The zero-order valence-electron chi connectivity index (χ0n) is 22.2. The Bertz CT molecular complexity index is 1100. The second-order valence-corrected chi connectivity index (χ2v) is 14.7. The van der Waals surface area contributed by atoms with Gasteiger partial charge in [-0.2, -0.15) is 0 Å². The van der Waals surface area contributed by atoms with Crippen LogP contribution in [0, 0.1) is 37.0 Å². The molecule has 2 aliphatic rings. The lowest BCUT2D eigenvalue weighted by Gasteiger charge is -2.38. The van der Waals surface area contributed by atoms with Crippen molar-refractivity contribution < 1.29 is 8.42 Å². The normalized spacial score (nSPS) is 26.8. The number of fused-ring (bicyclic) bond motifs is 1. The quantitative estimate of drug-likeness (QED) is 0.470. The van der Waals surface area contributed by atoms with Crippen molar-refractivity contribution in [1.29, 1.82) is 0 Å². The predicted octanol–water partition coefficient (Wildman–Crippen LogP) is 6.44. The lowest BCUT2D eigenvalue weighted by atomic mass is 9.71. The van der Waals surface area contributed by atoms with Crippen LogP contribution in [-0.2, 0) is 22.8 Å². The fourth-order valence-electron chi connectivity index (χ4n) is 6.65. The van der Waals surface area contributed by atoms with Gasteiger partial charge in [-0.1, -0.05) is 27.7 Å². The molecule has 4 rings (SSSR count). The van der Waals surface area contributed by atoms with Crippen molar-refractivity contribution in [2.75, 3.05) is 5.75 Å². The minimum atomic E-state index is -2.98. The Labute approximate surface area is 207 Å². The van der Waals surface area contributed by atoms with E-state index in [1.165, 1.54) is 31.2 Å². The number of aromatic nitrogens is 3. The zero-order valence-corrected chi connectivity index (χ0v) is 23.0. The molecule has 2 saturated carbocycles. The van der Waals surface area contributed by atoms with E-state index >= 15 is 0 Å². The summed E-state index contributed by atoms with van der Waals surface area (Å²) in [6, 6.07) is 2.13. The van der Waals surface area contributed by atoms with Crippen LogP contribution in [-0.4, -0.2) is 34.0 Å². The molecule has 2 aliphatic carbocycles. The van der Waals surface area contributed by atoms with Gasteiger partial charge in [-0.05, 0) is 100 Å². The van der Waals surface area contributed by atoms with Gasteiger partial charge in [0.25, 0.3) is 0 Å². The maximum absolute atomic E-state index is 12.9. The van der Waals surface area contributed by atoms with E-state index in [-0.39, 0.29) is 10.7 Å². The standard InChI is InChI=1S/C28H45N3O2S/c1-7-25-30-26-19(2)16-20(3)29-27(26)31(25)17-21-8-10-22(11-9-21)23-12-14-24(15-13-23)34(32,33)18-28(4,5)6/h16,21-24H,7-15,17-18H2,1-6H3. The molecule has 0 spiro atoms. The first-order valence-corrected chi connectivity index (χ1v) is 15.2. The molecule has 0 aromatic carbocycles. The van der Waals surface area contributed by atoms with Crippen LogP contribution in [0.25, 0.3) is 11.2 Å². The highest BCUT2D eigenvalue weighted by atomic mass is 32.2. The lowest BCUT2D eigenvalue weighted by molar-refractivity contribution is 0.160. The van der Waals surface area contributed by atoms with Crippen molar-refractivity contribution in [1.82, 2.24) is 14.5 Å². The molecule has 0 bridgehead atoms. The third kappa shape index (κ3) is 5.68. The first-order valence-electron chi connectivity index (χ1n) is 13.5. The smallest absolute Gasteiger partial charge is 0.160 e. The maximum Gasteiger partial charge on any atom is 0.160 e. The van der Waals surface area contributed by atoms with Gasteiger partial charge in [0.05, 0.1) is 11.0 Å². The highest BCUT2D eigenvalue weighted by Gasteiger charge is 2.37. The van der Waals surface area contributed by atoms with Gasteiger partial charge < -0.3 is 4.57 Å². The van der Waals surface area contributed by atoms with Gasteiger partial charge in [-0.3, -0.25) is 0 Å². The van der Waals surface area contributed by atoms with E-state index in [1.807, 2.05) is 20.8 Å². The number of aryl methyl sites for hydroxylation is 3. The van der Waals surface area contributed by atoms with Gasteiger partial charge in [0.15, 0.2) is 15.5 Å². The fraction of sp³-hybridized carbons (Fsp3) is 0.786. The first-order chi connectivity index (χ1) is 16.0. The molecule has 0 amide bonds. The summed E-state index contributed by atoms with van der Waals surface area (Å²) in [5, 5.41) is -0.110. The molecule has 5 nitrogen and oxygen atoms in total. The Hall–Kier alpha value is -1.43. The fourth-order valence-corrected chi connectivity index (χ4v) is 9.08. The van der Waals surface area contributed by atoms with Crippen molar-refractivity contribution in [3.8, 4) is 0 Å². The maximum atomic E-state index is 12.9. The molecule has 0 unspecified atom stereocenters. The van der Waals surface area contributed by atoms with E-state index in [9.17, 15) is 8.42 Å². The van der Waals surface area contributed by atoms with E-state index in [1.54, 1.807) is 0 Å². The van der Waals surface area contributed by atoms with Gasteiger partial charge in [-0.25, -0.2) is 18.4 Å². The monoisotopic (exact) mass is 487 g/mol. The largest absolute Gasteiger partial charge is 0.312 e. The van der Waals surface area contributed by atoms with Crippen LogP contribution < -0.4 is 0 Å². The van der Waals surface area contributed by atoms with Crippen LogP contribution in [0.5, 0.6) is 0 Å². The second-order valence-electron chi connectivity index (χ2n) is 12.4. The SMILES string of the molecule is CCc1nc2c(C)cc(C)nc2n1CC1CCC(C2CCC(S(=O)(=O)CC(C)(C)C)CC2)CC1. The predicted molar refractivity (Wildman–Crippen MR) is 141 cm³/mol. The number of pyridine rings is 1. The van der Waals surface area contributed by atoms with Gasteiger partial charge in [-0.15, -0.1) is 0 Å². The Morgan fingerprint density at radius 1 is 0.941 bits per heavy atom. The first kappa shape index (κ1) is 25.7. The summed E-state index contributed by atoms with van der Waals surface area (Å²) in [6.07, 6.45) is 9.97. The molecule has 34 heavy (non-hydrogen) atoms. The van der Waals surface area contributed by atoms with Crippen molar-refractivity contribution in [2.45, 2.75) is 111 Å². The summed E-state index contributed by atoms with van der Waals surface area (Å²) in [5.41, 5.74) is 4.26. The van der Waals surface area contributed by atoms with E-state index in [2.05, 4.69) is 31.4 Å². The third-order valence-corrected chi connectivity index (χ3v) is 11.0. The molecule has 0 N–H and O–H groups in total. The molecule has 0 radical (unpaired) electrons. The molecule has 190 valence electrons. The minimum Gasteiger partial charge on any atom is -0.312 e. The highest BCUT2D eigenvalue weighted by molar-refractivity contribution is 7.92. The lowest BCUT2D eigenvalue weighted by Crippen LogP contribution is -2.35. The van der Waals surface area contributed by atoms with Gasteiger partial charge in [0, 0.05) is 18.7 Å². The van der Waals surface area contributed by atoms with Crippen molar-refractivity contribution in [3.63, 3.8) is 0 Å². The third-order valence-electron chi connectivity index (χ3n) is 8.28. The number of nitrogens with zero attached hydrogens (tertiary/aromatic N) is 3. The van der Waals surface area contributed by atoms with E-state index in [0.29, 0.717) is 17.6 Å². The Balaban J connectivity index is 1.34. The van der Waals surface area contributed by atoms with E-state index in [0.717, 1.165) is 67.2 Å². The second kappa shape index (κ2) is 9.91. The Morgan fingerprint density at radius 2 is 1.53 bits per heavy atom. The number of imidazole rings is 1. The summed E-state index contributed by atoms with van der Waals surface area (Å²) in [7, 11) is -2.98. The number of sulfone groups is 1. The van der Waals surface area contributed by atoms with Crippen LogP contribution in [0.4, 0.5) is 0 Å². The molecular weight excluding hydrogens is 442 g/mol. The molecule has 2 aromatic rings. The topological polar surface area (TPSA) is 64.8 Å². The molecule has 0 aliphatic heterocycles. The van der Waals surface area contributed by atoms with E-state index in [4.69, 9.17) is 9.97 Å². The molecule has 0 atom stereocenters. The van der Waals surface area contributed by atoms with Crippen molar-refractivity contribution in [3.05, 3.63) is 23.1 Å². The minimum absolute atomic E-state index is 0.110. The van der Waals surface area contributed by atoms with Crippen LogP contribution >= 0.6 is 0 Å². The van der Waals surface area contributed by atoms with Crippen molar-refractivity contribution in [2.24, 2.45) is 23.2 Å². The van der Waals surface area contributed by atoms with Crippen molar-refractivity contribution >= 4 is 21.0 Å². The van der Waals surface area contributed by atoms with Crippen LogP contribution in [0.2, 0.25) is 0 Å². The molecule has 2 aromatic heterocycles. The summed E-state index contributed by atoms with van der Waals surface area (Å²) < 4.78 is 28.1. The zero-order chi connectivity index (χ0) is 24.7.